The summed E-state index contributed by atoms with van der Waals surface area (Å²) in [5.74, 6) is -3.19. The van der Waals surface area contributed by atoms with Gasteiger partial charge in [0.1, 0.15) is 5.69 Å². The van der Waals surface area contributed by atoms with E-state index in [2.05, 4.69) is 5.32 Å². The van der Waals surface area contributed by atoms with Gasteiger partial charge in [0.25, 0.3) is 5.69 Å². The number of halogens is 2. The highest BCUT2D eigenvalue weighted by Gasteiger charge is 2.18. The van der Waals surface area contributed by atoms with Crippen LogP contribution in [0.4, 0.5) is 20.2 Å². The lowest BCUT2D eigenvalue weighted by Gasteiger charge is -2.15. The molecule has 0 aliphatic heterocycles. The number of hydrogen-bond donors (Lipinski definition) is 2. The molecule has 2 N–H and O–H groups in total. The molecule has 0 aliphatic carbocycles. The van der Waals surface area contributed by atoms with Gasteiger partial charge in [0, 0.05) is 12.5 Å². The lowest BCUT2D eigenvalue weighted by molar-refractivity contribution is -0.385. The molecule has 0 aliphatic rings. The summed E-state index contributed by atoms with van der Waals surface area (Å²) in [6, 6.07) is 0.728. The molecule has 0 bridgehead atoms. The molecule has 0 spiro atoms. The molecule has 0 radical (unpaired) electrons. The highest BCUT2D eigenvalue weighted by Crippen LogP contribution is 2.25. The second kappa shape index (κ2) is 6.07. The molecule has 0 aromatic heterocycles. The second-order valence-corrected chi connectivity index (χ2v) is 4.02. The number of carboxylic acids is 1. The molecular formula is C11H12F2N2O4. The van der Waals surface area contributed by atoms with Gasteiger partial charge in [0.2, 0.25) is 0 Å². The highest BCUT2D eigenvalue weighted by molar-refractivity contribution is 5.66. The van der Waals surface area contributed by atoms with Gasteiger partial charge in [-0.3, -0.25) is 14.9 Å². The molecule has 0 fully saturated rings. The summed E-state index contributed by atoms with van der Waals surface area (Å²) in [5.41, 5.74) is -1.18. The van der Waals surface area contributed by atoms with Gasteiger partial charge in [-0.15, -0.1) is 0 Å². The van der Waals surface area contributed by atoms with Crippen LogP contribution in [-0.4, -0.2) is 22.0 Å². The van der Waals surface area contributed by atoms with Crippen molar-refractivity contribution in [3.05, 3.63) is 33.9 Å². The molecule has 6 nitrogen and oxygen atoms in total. The molecule has 1 atom stereocenters. The van der Waals surface area contributed by atoms with Crippen LogP contribution >= 0.6 is 0 Å². The van der Waals surface area contributed by atoms with E-state index in [9.17, 15) is 23.7 Å². The highest BCUT2D eigenvalue weighted by atomic mass is 19.1. The van der Waals surface area contributed by atoms with Crippen LogP contribution in [0, 0.1) is 21.7 Å². The summed E-state index contributed by atoms with van der Waals surface area (Å²) in [6.07, 6.45) is 0.0234. The zero-order chi connectivity index (χ0) is 14.6. The van der Waals surface area contributed by atoms with Crippen LogP contribution < -0.4 is 5.32 Å². The van der Waals surface area contributed by atoms with E-state index < -0.39 is 39.9 Å². The Morgan fingerprint density at radius 3 is 2.42 bits per heavy atom. The van der Waals surface area contributed by atoms with Crippen molar-refractivity contribution in [3.63, 3.8) is 0 Å². The largest absolute Gasteiger partial charge is 0.481 e. The molecule has 1 aromatic carbocycles. The van der Waals surface area contributed by atoms with Crippen molar-refractivity contribution >= 4 is 17.3 Å². The molecule has 1 rings (SSSR count). The average Bonchev–Trinajstić information content (AvgIpc) is 2.30. The second-order valence-electron chi connectivity index (χ2n) is 4.02. The number of hydrogen-bond acceptors (Lipinski definition) is 4. The maximum atomic E-state index is 13.5. The number of non-ortho nitro benzene ring substituents is 1. The number of nitro groups is 1. The summed E-state index contributed by atoms with van der Waals surface area (Å²) in [5, 5.41) is 21.4. The monoisotopic (exact) mass is 274 g/mol. The first kappa shape index (κ1) is 14.8. The van der Waals surface area contributed by atoms with Gasteiger partial charge in [-0.2, -0.15) is 0 Å². The lowest BCUT2D eigenvalue weighted by Crippen LogP contribution is -2.18. The number of nitrogens with one attached hydrogen (secondary N) is 1. The summed E-state index contributed by atoms with van der Waals surface area (Å²) < 4.78 is 27.0. The van der Waals surface area contributed by atoms with Crippen LogP contribution in [-0.2, 0) is 4.79 Å². The average molecular weight is 274 g/mol. The van der Waals surface area contributed by atoms with Crippen LogP contribution in [0.1, 0.15) is 19.8 Å². The first-order valence-corrected chi connectivity index (χ1v) is 5.43. The van der Waals surface area contributed by atoms with Crippen LogP contribution in [0.5, 0.6) is 0 Å². The van der Waals surface area contributed by atoms with Gasteiger partial charge >= 0.3 is 5.97 Å². The fraction of sp³-hybridized carbons (Fsp3) is 0.364. The minimum atomic E-state index is -1.09. The Morgan fingerprint density at radius 2 is 2.00 bits per heavy atom. The van der Waals surface area contributed by atoms with Crippen molar-refractivity contribution in [2.75, 3.05) is 5.32 Å². The van der Waals surface area contributed by atoms with Gasteiger partial charge in [-0.05, 0) is 13.3 Å². The third-order valence-electron chi connectivity index (χ3n) is 2.42. The van der Waals surface area contributed by atoms with E-state index in [0.29, 0.717) is 12.1 Å². The van der Waals surface area contributed by atoms with Gasteiger partial charge in [-0.25, -0.2) is 8.78 Å². The SMILES string of the molecule is CC(CCC(=O)O)Nc1c(F)cc([N+](=O)[O-])cc1F. The molecule has 0 amide bonds. The number of carbonyl (C=O) groups is 1. The van der Waals surface area contributed by atoms with Crippen molar-refractivity contribution in [3.8, 4) is 0 Å². The van der Waals surface area contributed by atoms with E-state index in [1.807, 2.05) is 0 Å². The number of aliphatic carboxylic acids is 1. The quantitative estimate of drug-likeness (QED) is 0.614. The molecule has 1 unspecified atom stereocenters. The van der Waals surface area contributed by atoms with Gasteiger partial charge in [0.05, 0.1) is 17.1 Å². The number of nitrogens with zero attached hydrogens (tertiary/aromatic N) is 1. The molecule has 0 saturated carbocycles. The maximum Gasteiger partial charge on any atom is 0.303 e. The predicted molar refractivity (Wildman–Crippen MR) is 63.0 cm³/mol. The molecule has 1 aromatic rings. The normalized spacial score (nSPS) is 11.9. The van der Waals surface area contributed by atoms with Crippen molar-refractivity contribution in [2.45, 2.75) is 25.8 Å². The maximum absolute atomic E-state index is 13.5. The van der Waals surface area contributed by atoms with E-state index in [4.69, 9.17) is 5.11 Å². The van der Waals surface area contributed by atoms with Gasteiger partial charge in [0.15, 0.2) is 11.6 Å². The smallest absolute Gasteiger partial charge is 0.303 e. The van der Waals surface area contributed by atoms with Crippen LogP contribution in [0.15, 0.2) is 12.1 Å². The Hall–Kier alpha value is -2.25. The number of benzene rings is 1. The van der Waals surface area contributed by atoms with Gasteiger partial charge < -0.3 is 10.4 Å². The minimum absolute atomic E-state index is 0.148. The fourth-order valence-corrected chi connectivity index (χ4v) is 1.46. The number of nitro benzene ring substituents is 1. The van der Waals surface area contributed by atoms with Crippen LogP contribution in [0.3, 0.4) is 0 Å². The third-order valence-corrected chi connectivity index (χ3v) is 2.42. The summed E-state index contributed by atoms with van der Waals surface area (Å²) in [6.45, 7) is 1.56. The molecular weight excluding hydrogens is 262 g/mol. The Bertz CT molecular complexity index is 484. The number of rotatable bonds is 6. The summed E-state index contributed by atoms with van der Waals surface area (Å²) in [7, 11) is 0. The molecule has 0 heterocycles. The fourth-order valence-electron chi connectivity index (χ4n) is 1.46. The van der Waals surface area contributed by atoms with Crippen molar-refractivity contribution in [2.24, 2.45) is 0 Å². The lowest BCUT2D eigenvalue weighted by atomic mass is 10.1. The van der Waals surface area contributed by atoms with E-state index >= 15 is 0 Å². The molecule has 8 heteroatoms. The number of carboxylic acid groups (broad SMARTS) is 1. The summed E-state index contributed by atoms with van der Waals surface area (Å²) in [4.78, 5) is 19.9. The standard InChI is InChI=1S/C11H12F2N2O4/c1-6(2-3-10(16)17)14-11-8(12)4-7(15(18)19)5-9(11)13/h4-6,14H,2-3H2,1H3,(H,16,17). The Morgan fingerprint density at radius 1 is 1.47 bits per heavy atom. The Kier molecular flexibility index (Phi) is 4.74. The Labute approximate surface area is 107 Å². The van der Waals surface area contributed by atoms with Gasteiger partial charge in [-0.1, -0.05) is 0 Å². The first-order valence-electron chi connectivity index (χ1n) is 5.43. The Balaban J connectivity index is 2.84. The van der Waals surface area contributed by atoms with E-state index in [-0.39, 0.29) is 12.8 Å². The minimum Gasteiger partial charge on any atom is -0.481 e. The van der Waals surface area contributed by atoms with Crippen LogP contribution in [0.2, 0.25) is 0 Å². The topological polar surface area (TPSA) is 92.5 Å². The van der Waals surface area contributed by atoms with E-state index in [0.717, 1.165) is 0 Å². The molecule has 19 heavy (non-hydrogen) atoms. The van der Waals surface area contributed by atoms with Crippen molar-refractivity contribution in [1.29, 1.82) is 0 Å². The zero-order valence-electron chi connectivity index (χ0n) is 10.0. The predicted octanol–water partition coefficient (Wildman–Crippen LogP) is 2.54. The number of anilines is 1. The van der Waals surface area contributed by atoms with Crippen molar-refractivity contribution in [1.82, 2.24) is 0 Å². The molecule has 104 valence electrons. The molecule has 0 saturated heterocycles. The van der Waals surface area contributed by atoms with E-state index in [1.165, 1.54) is 0 Å². The van der Waals surface area contributed by atoms with Crippen LogP contribution in [0.25, 0.3) is 0 Å². The first-order chi connectivity index (χ1) is 8.81. The third kappa shape index (κ3) is 4.16. The van der Waals surface area contributed by atoms with Crippen molar-refractivity contribution < 1.29 is 23.6 Å². The zero-order valence-corrected chi connectivity index (χ0v) is 10.0. The summed E-state index contributed by atoms with van der Waals surface area (Å²) >= 11 is 0. The van der Waals surface area contributed by atoms with E-state index in [1.54, 1.807) is 6.92 Å².